The van der Waals surface area contributed by atoms with E-state index in [1.54, 1.807) is 7.11 Å². The zero-order valence-electron chi connectivity index (χ0n) is 10.5. The van der Waals surface area contributed by atoms with E-state index in [4.69, 9.17) is 16.3 Å². The molecule has 1 aromatic carbocycles. The third-order valence-electron chi connectivity index (χ3n) is 3.75. The van der Waals surface area contributed by atoms with Crippen molar-refractivity contribution in [3.63, 3.8) is 0 Å². The quantitative estimate of drug-likeness (QED) is 0.700. The second-order valence-electron chi connectivity index (χ2n) is 4.84. The summed E-state index contributed by atoms with van der Waals surface area (Å²) in [6, 6.07) is 2.10. The van der Waals surface area contributed by atoms with Gasteiger partial charge in [-0.05, 0) is 49.8 Å². The summed E-state index contributed by atoms with van der Waals surface area (Å²) in [4.78, 5) is 0. The Labute approximate surface area is 117 Å². The third-order valence-corrected chi connectivity index (χ3v) is 5.15. The minimum absolute atomic E-state index is 0.0786. The zero-order valence-corrected chi connectivity index (χ0v) is 12.9. The van der Waals surface area contributed by atoms with Crippen molar-refractivity contribution in [3.8, 4) is 5.75 Å². The van der Waals surface area contributed by atoms with Crippen molar-refractivity contribution < 1.29 is 4.74 Å². The molecule has 0 radical (unpaired) electrons. The van der Waals surface area contributed by atoms with E-state index in [9.17, 15) is 0 Å². The van der Waals surface area contributed by atoms with Crippen LogP contribution in [-0.2, 0) is 0 Å². The fourth-order valence-corrected chi connectivity index (χ4v) is 3.52. The first-order valence-corrected chi connectivity index (χ1v) is 7.26. The van der Waals surface area contributed by atoms with Gasteiger partial charge in [-0.25, -0.2) is 0 Å². The molecule has 1 atom stereocenters. The van der Waals surface area contributed by atoms with Gasteiger partial charge in [-0.15, -0.1) is 11.6 Å². The largest absolute Gasteiger partial charge is 0.496 e. The number of benzene rings is 1. The first-order valence-electron chi connectivity index (χ1n) is 6.04. The van der Waals surface area contributed by atoms with Crippen molar-refractivity contribution in [1.29, 1.82) is 0 Å². The molecule has 2 rings (SSSR count). The van der Waals surface area contributed by atoms with Crippen LogP contribution in [0.1, 0.15) is 41.3 Å². The molecule has 0 aliphatic heterocycles. The van der Waals surface area contributed by atoms with Gasteiger partial charge in [0.25, 0.3) is 0 Å². The van der Waals surface area contributed by atoms with Gasteiger partial charge in [-0.2, -0.15) is 0 Å². The summed E-state index contributed by atoms with van der Waals surface area (Å²) in [5.41, 5.74) is 3.52. The summed E-state index contributed by atoms with van der Waals surface area (Å²) < 4.78 is 6.67. The van der Waals surface area contributed by atoms with Gasteiger partial charge in [0, 0.05) is 10.0 Å². The molecule has 1 aliphatic rings. The van der Waals surface area contributed by atoms with Gasteiger partial charge in [-0.1, -0.05) is 22.4 Å². The summed E-state index contributed by atoms with van der Waals surface area (Å²) in [5.74, 6) is 1.57. The Morgan fingerprint density at radius 2 is 2.06 bits per heavy atom. The highest BCUT2D eigenvalue weighted by Crippen LogP contribution is 2.47. The number of aryl methyl sites for hydroxylation is 1. The summed E-state index contributed by atoms with van der Waals surface area (Å²) in [6.07, 6.45) is 3.78. The van der Waals surface area contributed by atoms with Crippen molar-refractivity contribution in [3.05, 3.63) is 27.2 Å². The number of hydrogen-bond donors (Lipinski definition) is 0. The minimum atomic E-state index is 0.0786. The van der Waals surface area contributed by atoms with E-state index in [1.807, 2.05) is 0 Å². The highest BCUT2D eigenvalue weighted by atomic mass is 79.9. The number of alkyl halides is 1. The number of halogens is 2. The normalized spacial score (nSPS) is 17.7. The molecule has 1 aromatic rings. The molecule has 1 nitrogen and oxygen atoms in total. The molecule has 1 unspecified atom stereocenters. The summed E-state index contributed by atoms with van der Waals surface area (Å²) >= 11 is 10.2. The molecule has 0 saturated heterocycles. The standard InChI is InChI=1S/C14H18BrClO/c1-8-7-11(15)9(2)12(14(8)17-3)13(16)10-5-4-6-10/h7,10,13H,4-6H2,1-3H3. The molecule has 0 N–H and O–H groups in total. The predicted molar refractivity (Wildman–Crippen MR) is 76.1 cm³/mol. The average Bonchev–Trinajstić information content (AvgIpc) is 2.20. The van der Waals surface area contributed by atoms with E-state index < -0.39 is 0 Å². The lowest BCUT2D eigenvalue weighted by Crippen LogP contribution is -2.18. The van der Waals surface area contributed by atoms with Crippen LogP contribution in [0.25, 0.3) is 0 Å². The molecule has 0 amide bonds. The Morgan fingerprint density at radius 1 is 1.41 bits per heavy atom. The van der Waals surface area contributed by atoms with E-state index in [0.29, 0.717) is 5.92 Å². The van der Waals surface area contributed by atoms with E-state index in [0.717, 1.165) is 15.8 Å². The fourth-order valence-electron chi connectivity index (χ4n) is 2.45. The van der Waals surface area contributed by atoms with E-state index in [2.05, 4.69) is 35.8 Å². The minimum Gasteiger partial charge on any atom is -0.496 e. The van der Waals surface area contributed by atoms with Crippen LogP contribution < -0.4 is 4.74 Å². The molecule has 1 fully saturated rings. The predicted octanol–water partition coefficient (Wildman–Crippen LogP) is 5.15. The Morgan fingerprint density at radius 3 is 2.53 bits per heavy atom. The molecule has 94 valence electrons. The maximum Gasteiger partial charge on any atom is 0.126 e. The molecule has 17 heavy (non-hydrogen) atoms. The SMILES string of the molecule is COc1c(C)cc(Br)c(C)c1C(Cl)C1CCC1. The average molecular weight is 318 g/mol. The Kier molecular flexibility index (Phi) is 4.04. The summed E-state index contributed by atoms with van der Waals surface area (Å²) in [5, 5.41) is 0.0786. The lowest BCUT2D eigenvalue weighted by molar-refractivity contribution is 0.299. The van der Waals surface area contributed by atoms with Crippen molar-refractivity contribution in [1.82, 2.24) is 0 Å². The van der Waals surface area contributed by atoms with Crippen molar-refractivity contribution in [2.24, 2.45) is 5.92 Å². The van der Waals surface area contributed by atoms with Gasteiger partial charge in [0.1, 0.15) is 5.75 Å². The molecule has 1 saturated carbocycles. The van der Waals surface area contributed by atoms with Crippen molar-refractivity contribution >= 4 is 27.5 Å². The smallest absolute Gasteiger partial charge is 0.126 e. The molecule has 0 aromatic heterocycles. The second-order valence-corrected chi connectivity index (χ2v) is 6.16. The number of hydrogen-bond acceptors (Lipinski definition) is 1. The van der Waals surface area contributed by atoms with Crippen LogP contribution in [0, 0.1) is 19.8 Å². The topological polar surface area (TPSA) is 9.23 Å². The van der Waals surface area contributed by atoms with Gasteiger partial charge < -0.3 is 4.74 Å². The van der Waals surface area contributed by atoms with Crippen LogP contribution in [0.4, 0.5) is 0 Å². The lowest BCUT2D eigenvalue weighted by atomic mass is 9.79. The third kappa shape index (κ3) is 2.34. The van der Waals surface area contributed by atoms with Crippen LogP contribution >= 0.6 is 27.5 Å². The van der Waals surface area contributed by atoms with Gasteiger partial charge in [0.05, 0.1) is 12.5 Å². The maximum atomic E-state index is 6.64. The maximum absolute atomic E-state index is 6.64. The molecule has 1 aliphatic carbocycles. The van der Waals surface area contributed by atoms with E-state index in [-0.39, 0.29) is 5.38 Å². The van der Waals surface area contributed by atoms with E-state index >= 15 is 0 Å². The van der Waals surface area contributed by atoms with Crippen LogP contribution in [-0.4, -0.2) is 7.11 Å². The Hall–Kier alpha value is -0.210. The van der Waals surface area contributed by atoms with Gasteiger partial charge in [0.15, 0.2) is 0 Å². The molecule has 0 spiro atoms. The van der Waals surface area contributed by atoms with Crippen molar-refractivity contribution in [2.45, 2.75) is 38.5 Å². The Bertz CT molecular complexity index is 427. The summed E-state index contributed by atoms with van der Waals surface area (Å²) in [6.45, 7) is 4.17. The number of rotatable bonds is 3. The molecular formula is C14H18BrClO. The van der Waals surface area contributed by atoms with E-state index in [1.165, 1.54) is 30.4 Å². The molecular weight excluding hydrogens is 300 g/mol. The molecule has 3 heteroatoms. The first kappa shape index (κ1) is 13.2. The zero-order chi connectivity index (χ0) is 12.6. The van der Waals surface area contributed by atoms with Crippen LogP contribution in [0.5, 0.6) is 5.75 Å². The number of methoxy groups -OCH3 is 1. The van der Waals surface area contributed by atoms with Crippen molar-refractivity contribution in [2.75, 3.05) is 7.11 Å². The second kappa shape index (κ2) is 5.19. The van der Waals surface area contributed by atoms with Gasteiger partial charge >= 0.3 is 0 Å². The highest BCUT2D eigenvalue weighted by molar-refractivity contribution is 9.10. The van der Waals surface area contributed by atoms with Crippen LogP contribution in [0.2, 0.25) is 0 Å². The first-order chi connectivity index (χ1) is 8.06. The number of ether oxygens (including phenoxy) is 1. The fraction of sp³-hybridized carbons (Fsp3) is 0.571. The monoisotopic (exact) mass is 316 g/mol. The molecule has 0 bridgehead atoms. The van der Waals surface area contributed by atoms with Crippen LogP contribution in [0.3, 0.4) is 0 Å². The van der Waals surface area contributed by atoms with Gasteiger partial charge in [0.2, 0.25) is 0 Å². The van der Waals surface area contributed by atoms with Gasteiger partial charge in [-0.3, -0.25) is 0 Å². The highest BCUT2D eigenvalue weighted by Gasteiger charge is 2.31. The Balaban J connectivity index is 2.48. The molecule has 0 heterocycles. The summed E-state index contributed by atoms with van der Waals surface area (Å²) in [7, 11) is 1.73. The lowest BCUT2D eigenvalue weighted by Gasteiger charge is -2.32. The van der Waals surface area contributed by atoms with Crippen LogP contribution in [0.15, 0.2) is 10.5 Å².